The average Bonchev–Trinajstić information content (AvgIpc) is 2.37. The van der Waals surface area contributed by atoms with E-state index in [-0.39, 0.29) is 0 Å². The Hall–Kier alpha value is -0.943. The zero-order valence-corrected chi connectivity index (χ0v) is 11.5. The highest BCUT2D eigenvalue weighted by Crippen LogP contribution is 2.10. The summed E-state index contributed by atoms with van der Waals surface area (Å²) in [6.45, 7) is 9.12. The molecule has 94 valence electrons. The third kappa shape index (κ3) is 3.78. The van der Waals surface area contributed by atoms with E-state index in [1.54, 1.807) is 6.08 Å². The fraction of sp³-hybridized carbons (Fsp3) is 0.385. The van der Waals surface area contributed by atoms with Crippen LogP contribution < -0.4 is 5.19 Å². The largest absolute Gasteiger partial charge is 0.537 e. The maximum atomic E-state index is 5.82. The van der Waals surface area contributed by atoms with Crippen LogP contribution in [0.25, 0.3) is 0 Å². The molecule has 0 amide bonds. The normalized spacial score (nSPS) is 11.4. The molecule has 3 nitrogen and oxygen atoms in total. The van der Waals surface area contributed by atoms with Gasteiger partial charge in [-0.3, -0.25) is 0 Å². The molecule has 4 heteroatoms. The molecule has 0 aliphatic rings. The molecular formula is C13H20O3Si. The molecule has 0 unspecified atom stereocenters. The van der Waals surface area contributed by atoms with Gasteiger partial charge in [0.25, 0.3) is 0 Å². The van der Waals surface area contributed by atoms with E-state index in [0.29, 0.717) is 19.8 Å². The molecule has 0 spiro atoms. The molecule has 17 heavy (non-hydrogen) atoms. The van der Waals surface area contributed by atoms with Gasteiger partial charge in [0, 0.05) is 18.4 Å². The molecule has 0 saturated heterocycles. The minimum atomic E-state index is -2.76. The van der Waals surface area contributed by atoms with Crippen LogP contribution in [-0.2, 0) is 13.3 Å². The summed E-state index contributed by atoms with van der Waals surface area (Å²) >= 11 is 0. The summed E-state index contributed by atoms with van der Waals surface area (Å²) in [5, 5.41) is 0.991. The van der Waals surface area contributed by atoms with Crippen LogP contribution in [0.3, 0.4) is 0 Å². The molecule has 0 radical (unpaired) electrons. The second kappa shape index (κ2) is 7.40. The number of hydrogen-bond acceptors (Lipinski definition) is 3. The molecule has 0 bridgehead atoms. The van der Waals surface area contributed by atoms with E-state index in [9.17, 15) is 0 Å². The Morgan fingerprint density at radius 3 is 2.12 bits per heavy atom. The summed E-state index contributed by atoms with van der Waals surface area (Å²) in [7, 11) is -2.76. The maximum absolute atomic E-state index is 5.82. The highest BCUT2D eigenvalue weighted by Gasteiger charge is 2.43. The van der Waals surface area contributed by atoms with Crippen LogP contribution in [-0.4, -0.2) is 28.6 Å². The Kier molecular flexibility index (Phi) is 6.14. The zero-order valence-electron chi connectivity index (χ0n) is 10.5. The number of rotatable bonds is 8. The van der Waals surface area contributed by atoms with Crippen LogP contribution in [0, 0.1) is 0 Å². The Morgan fingerprint density at radius 2 is 1.65 bits per heavy atom. The molecule has 0 aliphatic carbocycles. The van der Waals surface area contributed by atoms with Gasteiger partial charge in [0.1, 0.15) is 0 Å². The summed E-state index contributed by atoms with van der Waals surface area (Å²) in [5.41, 5.74) is 0. The fourth-order valence-electron chi connectivity index (χ4n) is 1.57. The first kappa shape index (κ1) is 14.1. The first-order valence-electron chi connectivity index (χ1n) is 5.87. The first-order chi connectivity index (χ1) is 8.29. The SMILES string of the molecule is C=CCO[Si](OCC)(OCC)c1ccccc1. The van der Waals surface area contributed by atoms with Gasteiger partial charge in [0.2, 0.25) is 0 Å². The van der Waals surface area contributed by atoms with Gasteiger partial charge in [-0.25, -0.2) is 0 Å². The molecule has 0 saturated carbocycles. The van der Waals surface area contributed by atoms with Crippen molar-refractivity contribution in [3.05, 3.63) is 43.0 Å². The maximum Gasteiger partial charge on any atom is 0.537 e. The fourth-order valence-corrected chi connectivity index (χ4v) is 4.01. The summed E-state index contributed by atoms with van der Waals surface area (Å²) in [4.78, 5) is 0. The van der Waals surface area contributed by atoms with E-state index in [1.807, 2.05) is 44.2 Å². The van der Waals surface area contributed by atoms with Gasteiger partial charge >= 0.3 is 8.80 Å². The van der Waals surface area contributed by atoms with Crippen molar-refractivity contribution in [2.45, 2.75) is 13.8 Å². The summed E-state index contributed by atoms with van der Waals surface area (Å²) in [6, 6.07) is 9.87. The molecule has 0 aromatic heterocycles. The molecule has 0 heterocycles. The quantitative estimate of drug-likeness (QED) is 0.524. The van der Waals surface area contributed by atoms with E-state index < -0.39 is 8.80 Å². The van der Waals surface area contributed by atoms with E-state index in [2.05, 4.69) is 6.58 Å². The van der Waals surface area contributed by atoms with Gasteiger partial charge in [0.05, 0.1) is 6.61 Å². The summed E-state index contributed by atoms with van der Waals surface area (Å²) < 4.78 is 17.4. The summed E-state index contributed by atoms with van der Waals surface area (Å²) in [6.07, 6.45) is 1.71. The van der Waals surface area contributed by atoms with Crippen LogP contribution in [0.4, 0.5) is 0 Å². The minimum absolute atomic E-state index is 0.432. The molecule has 1 aromatic rings. The number of benzene rings is 1. The van der Waals surface area contributed by atoms with Gasteiger partial charge in [-0.1, -0.05) is 36.4 Å². The lowest BCUT2D eigenvalue weighted by Crippen LogP contribution is -2.56. The zero-order chi connectivity index (χ0) is 12.6. The Morgan fingerprint density at radius 1 is 1.06 bits per heavy atom. The van der Waals surface area contributed by atoms with E-state index in [0.717, 1.165) is 5.19 Å². The lowest BCUT2D eigenvalue weighted by Gasteiger charge is -2.28. The first-order valence-corrected chi connectivity index (χ1v) is 7.59. The molecule has 1 aromatic carbocycles. The third-order valence-corrected chi connectivity index (χ3v) is 5.11. The Balaban J connectivity index is 2.99. The van der Waals surface area contributed by atoms with Crippen molar-refractivity contribution < 1.29 is 13.3 Å². The highest BCUT2D eigenvalue weighted by atomic mass is 28.4. The molecule has 0 atom stereocenters. The molecular weight excluding hydrogens is 232 g/mol. The van der Waals surface area contributed by atoms with Crippen LogP contribution in [0.1, 0.15) is 13.8 Å². The monoisotopic (exact) mass is 252 g/mol. The van der Waals surface area contributed by atoms with E-state index >= 15 is 0 Å². The van der Waals surface area contributed by atoms with Crippen molar-refractivity contribution in [1.29, 1.82) is 0 Å². The number of hydrogen-bond donors (Lipinski definition) is 0. The summed E-state index contributed by atoms with van der Waals surface area (Å²) in [5.74, 6) is 0. The van der Waals surface area contributed by atoms with Crippen LogP contribution in [0.5, 0.6) is 0 Å². The molecule has 1 rings (SSSR count). The molecule has 0 fully saturated rings. The Bertz CT molecular complexity index is 321. The predicted molar refractivity (Wildman–Crippen MR) is 71.2 cm³/mol. The van der Waals surface area contributed by atoms with Gasteiger partial charge in [-0.2, -0.15) is 0 Å². The Labute approximate surface area is 104 Å². The minimum Gasteiger partial charge on any atom is -0.370 e. The van der Waals surface area contributed by atoms with Crippen molar-refractivity contribution in [2.24, 2.45) is 0 Å². The topological polar surface area (TPSA) is 27.7 Å². The second-order valence-electron chi connectivity index (χ2n) is 3.39. The third-order valence-electron chi connectivity index (χ3n) is 2.19. The van der Waals surface area contributed by atoms with Crippen molar-refractivity contribution in [1.82, 2.24) is 0 Å². The van der Waals surface area contributed by atoms with Gasteiger partial charge in [0.15, 0.2) is 0 Å². The van der Waals surface area contributed by atoms with E-state index in [4.69, 9.17) is 13.3 Å². The average molecular weight is 252 g/mol. The standard InChI is InChI=1S/C13H20O3Si/c1-4-12-16-17(14-5-2,15-6-3)13-10-8-7-9-11-13/h4,7-11H,1,5-6,12H2,2-3H3. The molecule has 0 aliphatic heterocycles. The van der Waals surface area contributed by atoms with Crippen molar-refractivity contribution in [3.8, 4) is 0 Å². The van der Waals surface area contributed by atoms with Crippen molar-refractivity contribution in [2.75, 3.05) is 19.8 Å². The predicted octanol–water partition coefficient (Wildman–Crippen LogP) is 2.11. The molecule has 0 N–H and O–H groups in total. The second-order valence-corrected chi connectivity index (χ2v) is 5.94. The smallest absolute Gasteiger partial charge is 0.370 e. The lowest BCUT2D eigenvalue weighted by atomic mass is 10.4. The van der Waals surface area contributed by atoms with Crippen molar-refractivity contribution in [3.63, 3.8) is 0 Å². The lowest BCUT2D eigenvalue weighted by molar-refractivity contribution is 0.0908. The van der Waals surface area contributed by atoms with Gasteiger partial charge in [-0.05, 0) is 13.8 Å². The van der Waals surface area contributed by atoms with Crippen LogP contribution >= 0.6 is 0 Å². The van der Waals surface area contributed by atoms with Crippen LogP contribution in [0.2, 0.25) is 0 Å². The van der Waals surface area contributed by atoms with Gasteiger partial charge in [-0.15, -0.1) is 6.58 Å². The highest BCUT2D eigenvalue weighted by molar-refractivity contribution is 6.75. The van der Waals surface area contributed by atoms with E-state index in [1.165, 1.54) is 0 Å². The van der Waals surface area contributed by atoms with Crippen molar-refractivity contribution >= 4 is 14.0 Å². The van der Waals surface area contributed by atoms with Crippen LogP contribution in [0.15, 0.2) is 43.0 Å². The van der Waals surface area contributed by atoms with Gasteiger partial charge < -0.3 is 13.3 Å².